The van der Waals surface area contributed by atoms with Crippen LogP contribution in [0.4, 0.5) is 8.78 Å². The summed E-state index contributed by atoms with van der Waals surface area (Å²) in [5, 5.41) is 21.6. The van der Waals surface area contributed by atoms with Crippen molar-refractivity contribution in [1.82, 2.24) is 20.6 Å². The molecule has 0 aliphatic heterocycles. The summed E-state index contributed by atoms with van der Waals surface area (Å²) in [5.74, 6) is -1.77. The summed E-state index contributed by atoms with van der Waals surface area (Å²) < 4.78 is 27.6. The van der Waals surface area contributed by atoms with E-state index in [1.54, 1.807) is 12.4 Å². The number of rotatable bonds is 10. The van der Waals surface area contributed by atoms with Crippen molar-refractivity contribution in [1.29, 1.82) is 0 Å². The molecule has 1 fully saturated rings. The monoisotopic (exact) mass is 537 g/mol. The highest BCUT2D eigenvalue weighted by atomic mass is 19.1. The van der Waals surface area contributed by atoms with Crippen molar-refractivity contribution in [2.45, 2.75) is 56.7 Å². The number of aliphatic hydroxyl groups excluding tert-OH is 1. The zero-order chi connectivity index (χ0) is 27.8. The molecule has 1 heterocycles. The van der Waals surface area contributed by atoms with Gasteiger partial charge in [-0.05, 0) is 67.0 Å². The standard InChI is InChI=1S/C29H33F2N5O3/c1-19(37)35-27(12-20-10-24(30)14-25(31)11-20)28(38)17-34-29(8-6-26(7-9-29)36-39-2)23-5-3-4-21(13-23)22-15-32-18-33-16-22/h3-5,10-11,13-16,18,27-28,34,38H,6-9,12,17H2,1-2H3,(H,35,37). The van der Waals surface area contributed by atoms with Crippen molar-refractivity contribution >= 4 is 11.6 Å². The fourth-order valence-corrected chi connectivity index (χ4v) is 5.17. The molecule has 2 unspecified atom stereocenters. The first kappa shape index (κ1) is 28.3. The van der Waals surface area contributed by atoms with Crippen molar-refractivity contribution in [2.75, 3.05) is 13.7 Å². The molecule has 0 saturated heterocycles. The molecule has 206 valence electrons. The highest BCUT2D eigenvalue weighted by Gasteiger charge is 2.37. The molecule has 0 spiro atoms. The number of aliphatic hydroxyl groups is 1. The Morgan fingerprint density at radius 1 is 1.10 bits per heavy atom. The Labute approximate surface area is 226 Å². The first-order chi connectivity index (χ1) is 18.8. The second-order valence-corrected chi connectivity index (χ2v) is 9.87. The van der Waals surface area contributed by atoms with Crippen molar-refractivity contribution in [3.63, 3.8) is 0 Å². The molecule has 2 atom stereocenters. The van der Waals surface area contributed by atoms with E-state index in [1.165, 1.54) is 32.5 Å². The molecular formula is C29H33F2N5O3. The third kappa shape index (κ3) is 7.42. The number of hydrogen-bond donors (Lipinski definition) is 3. The zero-order valence-electron chi connectivity index (χ0n) is 22.0. The highest BCUT2D eigenvalue weighted by molar-refractivity contribution is 5.85. The van der Waals surface area contributed by atoms with Gasteiger partial charge in [0.05, 0.1) is 17.9 Å². The predicted molar refractivity (Wildman–Crippen MR) is 144 cm³/mol. The number of nitrogens with one attached hydrogen (secondary N) is 2. The third-order valence-electron chi connectivity index (χ3n) is 7.09. The van der Waals surface area contributed by atoms with E-state index in [9.17, 15) is 18.7 Å². The van der Waals surface area contributed by atoms with Gasteiger partial charge in [-0.15, -0.1) is 0 Å². The van der Waals surface area contributed by atoms with Gasteiger partial charge in [0.15, 0.2) is 0 Å². The van der Waals surface area contributed by atoms with Crippen molar-refractivity contribution in [2.24, 2.45) is 5.16 Å². The summed E-state index contributed by atoms with van der Waals surface area (Å²) in [6.07, 6.45) is 6.85. The summed E-state index contributed by atoms with van der Waals surface area (Å²) in [6, 6.07) is 10.6. The summed E-state index contributed by atoms with van der Waals surface area (Å²) in [4.78, 5) is 25.2. The summed E-state index contributed by atoms with van der Waals surface area (Å²) in [7, 11) is 1.53. The lowest BCUT2D eigenvalue weighted by Gasteiger charge is -2.40. The quantitative estimate of drug-likeness (QED) is 0.339. The van der Waals surface area contributed by atoms with E-state index in [1.807, 2.05) is 18.2 Å². The first-order valence-electron chi connectivity index (χ1n) is 12.9. The number of oxime groups is 1. The topological polar surface area (TPSA) is 109 Å². The normalized spacial score (nSPS) is 18.7. The van der Waals surface area contributed by atoms with Crippen LogP contribution in [-0.2, 0) is 21.6 Å². The molecule has 2 aromatic carbocycles. The number of carbonyl (C=O) groups excluding carboxylic acids is 1. The maximum absolute atomic E-state index is 13.8. The van der Waals surface area contributed by atoms with Crippen molar-refractivity contribution < 1.29 is 23.5 Å². The van der Waals surface area contributed by atoms with Crippen LogP contribution in [-0.4, -0.2) is 52.5 Å². The number of benzene rings is 2. The Kier molecular flexibility index (Phi) is 9.32. The Morgan fingerprint density at radius 2 is 1.79 bits per heavy atom. The lowest BCUT2D eigenvalue weighted by molar-refractivity contribution is -0.120. The van der Waals surface area contributed by atoms with E-state index in [0.29, 0.717) is 31.2 Å². The summed E-state index contributed by atoms with van der Waals surface area (Å²) in [5.41, 5.74) is 3.71. The predicted octanol–water partition coefficient (Wildman–Crippen LogP) is 3.89. The van der Waals surface area contributed by atoms with E-state index in [4.69, 9.17) is 4.84 Å². The summed E-state index contributed by atoms with van der Waals surface area (Å²) in [6.45, 7) is 1.48. The van der Waals surface area contributed by atoms with Gasteiger partial charge >= 0.3 is 0 Å². The van der Waals surface area contributed by atoms with Crippen LogP contribution in [0.3, 0.4) is 0 Å². The lowest BCUT2D eigenvalue weighted by Crippen LogP contribution is -2.53. The van der Waals surface area contributed by atoms with Gasteiger partial charge in [-0.2, -0.15) is 0 Å². The van der Waals surface area contributed by atoms with Crippen LogP contribution >= 0.6 is 0 Å². The molecule has 1 aromatic heterocycles. The Bertz CT molecular complexity index is 1270. The average molecular weight is 538 g/mol. The van der Waals surface area contributed by atoms with E-state index in [-0.39, 0.29) is 18.9 Å². The Morgan fingerprint density at radius 3 is 2.44 bits per heavy atom. The largest absolute Gasteiger partial charge is 0.399 e. The molecule has 1 aliphatic carbocycles. The first-order valence-corrected chi connectivity index (χ1v) is 12.9. The molecule has 8 nitrogen and oxygen atoms in total. The number of hydrogen-bond acceptors (Lipinski definition) is 7. The van der Waals surface area contributed by atoms with Gasteiger partial charge in [-0.25, -0.2) is 18.7 Å². The average Bonchev–Trinajstić information content (AvgIpc) is 2.92. The summed E-state index contributed by atoms with van der Waals surface area (Å²) >= 11 is 0. The van der Waals surface area contributed by atoms with Crippen LogP contribution in [0.15, 0.2) is 66.3 Å². The van der Waals surface area contributed by atoms with Gasteiger partial charge in [0.2, 0.25) is 5.91 Å². The van der Waals surface area contributed by atoms with Crippen LogP contribution < -0.4 is 10.6 Å². The third-order valence-corrected chi connectivity index (χ3v) is 7.09. The van der Waals surface area contributed by atoms with Crippen LogP contribution in [0, 0.1) is 11.6 Å². The number of aromatic nitrogens is 2. The number of nitrogens with zero attached hydrogens (tertiary/aromatic N) is 3. The van der Waals surface area contributed by atoms with Crippen LogP contribution in [0.5, 0.6) is 0 Å². The number of halogens is 2. The molecule has 0 bridgehead atoms. The fourth-order valence-electron chi connectivity index (χ4n) is 5.17. The second kappa shape index (κ2) is 12.9. The molecule has 4 rings (SSSR count). The van der Waals surface area contributed by atoms with Gasteiger partial charge < -0.3 is 20.6 Å². The molecule has 0 radical (unpaired) electrons. The minimum Gasteiger partial charge on any atom is -0.399 e. The van der Waals surface area contributed by atoms with Gasteiger partial charge in [0, 0.05) is 43.0 Å². The minimum absolute atomic E-state index is 0.0677. The van der Waals surface area contributed by atoms with E-state index >= 15 is 0 Å². The maximum atomic E-state index is 13.8. The van der Waals surface area contributed by atoms with Crippen LogP contribution in [0.25, 0.3) is 11.1 Å². The Balaban J connectivity index is 1.58. The zero-order valence-corrected chi connectivity index (χ0v) is 22.0. The fraction of sp³-hybridized carbons (Fsp3) is 0.379. The molecule has 1 saturated carbocycles. The molecule has 3 N–H and O–H groups in total. The maximum Gasteiger partial charge on any atom is 0.217 e. The van der Waals surface area contributed by atoms with Crippen molar-refractivity contribution in [3.8, 4) is 11.1 Å². The van der Waals surface area contributed by atoms with Gasteiger partial charge in [0.1, 0.15) is 25.1 Å². The Hall–Kier alpha value is -3.76. The van der Waals surface area contributed by atoms with Crippen molar-refractivity contribution in [3.05, 3.63) is 83.9 Å². The minimum atomic E-state index is -1.03. The highest BCUT2D eigenvalue weighted by Crippen LogP contribution is 2.38. The van der Waals surface area contributed by atoms with E-state index in [0.717, 1.165) is 28.5 Å². The molecule has 10 heteroatoms. The molecular weight excluding hydrogens is 504 g/mol. The molecule has 1 amide bonds. The SMILES string of the molecule is CON=C1CCC(NCC(O)C(Cc2cc(F)cc(F)c2)NC(C)=O)(c2cccc(-c3cncnc3)c2)CC1. The number of carbonyl (C=O) groups is 1. The number of amides is 1. The van der Waals surface area contributed by atoms with Gasteiger partial charge in [0.25, 0.3) is 0 Å². The smallest absolute Gasteiger partial charge is 0.217 e. The molecule has 39 heavy (non-hydrogen) atoms. The van der Waals surface area contributed by atoms with E-state index in [2.05, 4.69) is 31.8 Å². The van der Waals surface area contributed by atoms with E-state index < -0.39 is 29.3 Å². The van der Waals surface area contributed by atoms with Crippen LogP contribution in [0.1, 0.15) is 43.7 Å². The van der Waals surface area contributed by atoms with Crippen LogP contribution in [0.2, 0.25) is 0 Å². The van der Waals surface area contributed by atoms with Gasteiger partial charge in [-0.3, -0.25) is 4.79 Å². The lowest BCUT2D eigenvalue weighted by atomic mass is 9.75. The van der Waals surface area contributed by atoms with Gasteiger partial charge in [-0.1, -0.05) is 23.4 Å². The second-order valence-electron chi connectivity index (χ2n) is 9.87. The molecule has 3 aromatic rings. The molecule has 1 aliphatic rings.